The minimum Gasteiger partial charge on any atom is -0.350 e. The average Bonchev–Trinajstić information content (AvgIpc) is 3.35. The highest BCUT2D eigenvalue weighted by Gasteiger charge is 2.51. The van der Waals surface area contributed by atoms with Crippen LogP contribution < -0.4 is 5.32 Å². The molecule has 1 saturated carbocycles. The predicted octanol–water partition coefficient (Wildman–Crippen LogP) is 1.01. The van der Waals surface area contributed by atoms with Crippen molar-refractivity contribution in [2.45, 2.75) is 48.8 Å². The third kappa shape index (κ3) is 2.55. The summed E-state index contributed by atoms with van der Waals surface area (Å²) in [4.78, 5) is 16.2. The third-order valence-corrected chi connectivity index (χ3v) is 7.85. The van der Waals surface area contributed by atoms with Gasteiger partial charge in [-0.05, 0) is 37.3 Å². The zero-order valence-corrected chi connectivity index (χ0v) is 13.8. The first-order valence-electron chi connectivity index (χ1n) is 8.21. The van der Waals surface area contributed by atoms with Crippen LogP contribution in [0.1, 0.15) is 43.6 Å². The first-order valence-corrected chi connectivity index (χ1v) is 9.71. The fraction of sp³-hybridized carbons (Fsp3) is 0.625. The number of hydrogen-bond acceptors (Lipinski definition) is 4. The molecule has 1 N–H and O–H groups in total. The molecule has 0 radical (unpaired) electrons. The van der Waals surface area contributed by atoms with E-state index in [0.717, 1.165) is 18.4 Å². The van der Waals surface area contributed by atoms with Crippen molar-refractivity contribution in [2.24, 2.45) is 0 Å². The molecule has 124 valence electrons. The van der Waals surface area contributed by atoms with Crippen LogP contribution in [0.15, 0.2) is 24.5 Å². The molecule has 1 spiro atoms. The summed E-state index contributed by atoms with van der Waals surface area (Å²) in [5.74, 6) is 0.131. The lowest BCUT2D eigenvalue weighted by molar-refractivity contribution is -0.120. The van der Waals surface area contributed by atoms with Crippen LogP contribution in [0.25, 0.3) is 0 Å². The van der Waals surface area contributed by atoms with Crippen LogP contribution in [0.2, 0.25) is 0 Å². The number of nitrogens with zero attached hydrogens (tertiary/aromatic N) is 2. The number of hydrogen-bond donors (Lipinski definition) is 1. The zero-order chi connectivity index (χ0) is 16.1. The van der Waals surface area contributed by atoms with Gasteiger partial charge in [0.1, 0.15) is 0 Å². The Hall–Kier alpha value is -1.47. The second kappa shape index (κ2) is 5.27. The van der Waals surface area contributed by atoms with Crippen LogP contribution in [0.4, 0.5) is 0 Å². The van der Waals surface area contributed by atoms with E-state index in [1.54, 1.807) is 10.5 Å². The fourth-order valence-electron chi connectivity index (χ4n) is 4.01. The minimum absolute atomic E-state index is 0.0531. The molecule has 1 aromatic heterocycles. The van der Waals surface area contributed by atoms with E-state index in [1.165, 1.54) is 0 Å². The number of aromatic nitrogens is 1. The van der Waals surface area contributed by atoms with E-state index in [2.05, 4.69) is 10.3 Å². The maximum atomic E-state index is 12.4. The summed E-state index contributed by atoms with van der Waals surface area (Å²) in [6, 6.07) is 3.89. The molecule has 0 bridgehead atoms. The predicted molar refractivity (Wildman–Crippen MR) is 85.2 cm³/mol. The van der Waals surface area contributed by atoms with Gasteiger partial charge in [-0.3, -0.25) is 9.78 Å². The van der Waals surface area contributed by atoms with Gasteiger partial charge in [0.05, 0.1) is 5.25 Å². The number of amides is 1. The minimum atomic E-state index is -3.12. The molecule has 3 heterocycles. The van der Waals surface area contributed by atoms with Gasteiger partial charge in [-0.25, -0.2) is 12.7 Å². The number of sulfonamides is 1. The molecule has 4 rings (SSSR count). The van der Waals surface area contributed by atoms with Crippen LogP contribution in [0.5, 0.6) is 0 Å². The van der Waals surface area contributed by atoms with Crippen molar-refractivity contribution in [3.05, 3.63) is 30.1 Å². The molecule has 7 heteroatoms. The van der Waals surface area contributed by atoms with E-state index in [4.69, 9.17) is 0 Å². The van der Waals surface area contributed by atoms with Crippen LogP contribution >= 0.6 is 0 Å². The topological polar surface area (TPSA) is 79.4 Å². The van der Waals surface area contributed by atoms with Gasteiger partial charge >= 0.3 is 0 Å². The van der Waals surface area contributed by atoms with Gasteiger partial charge in [-0.15, -0.1) is 0 Å². The van der Waals surface area contributed by atoms with E-state index in [9.17, 15) is 13.2 Å². The Balaban J connectivity index is 1.55. The standard InChI is InChI=1S/C16H21N3O3S/c20-15-10-14(12-2-1-7-17-11-12)16(18-15)5-8-19(9-6-16)23(21,22)13-3-4-13/h1-2,7,11,13-14H,3-6,8-10H2,(H,18,20)/t14-/m0/s1. The Kier molecular flexibility index (Phi) is 3.46. The molecule has 0 unspecified atom stereocenters. The molecular weight excluding hydrogens is 314 g/mol. The summed E-state index contributed by atoms with van der Waals surface area (Å²) < 4.78 is 26.4. The summed E-state index contributed by atoms with van der Waals surface area (Å²) in [5.41, 5.74) is 0.736. The normalized spacial score (nSPS) is 28.0. The summed E-state index contributed by atoms with van der Waals surface area (Å²) >= 11 is 0. The van der Waals surface area contributed by atoms with E-state index < -0.39 is 10.0 Å². The molecule has 23 heavy (non-hydrogen) atoms. The van der Waals surface area contributed by atoms with Crippen LogP contribution in [-0.2, 0) is 14.8 Å². The van der Waals surface area contributed by atoms with E-state index in [0.29, 0.717) is 32.4 Å². The molecule has 1 atom stereocenters. The summed E-state index contributed by atoms with van der Waals surface area (Å²) in [6.07, 6.45) is 6.93. The highest BCUT2D eigenvalue weighted by molar-refractivity contribution is 7.90. The number of pyridine rings is 1. The Morgan fingerprint density at radius 3 is 2.61 bits per heavy atom. The summed E-state index contributed by atoms with van der Waals surface area (Å²) in [5, 5.41) is 2.98. The molecular formula is C16H21N3O3S. The third-order valence-electron chi connectivity index (χ3n) is 5.45. The van der Waals surface area contributed by atoms with Crippen molar-refractivity contribution < 1.29 is 13.2 Å². The number of carbonyl (C=O) groups is 1. The van der Waals surface area contributed by atoms with Crippen LogP contribution in [-0.4, -0.2) is 47.5 Å². The van der Waals surface area contributed by atoms with E-state index in [1.807, 2.05) is 18.3 Å². The number of carbonyl (C=O) groups excluding carboxylic acids is 1. The quantitative estimate of drug-likeness (QED) is 0.894. The van der Waals surface area contributed by atoms with Gasteiger partial charge in [0, 0.05) is 43.4 Å². The Labute approximate surface area is 136 Å². The second-order valence-electron chi connectivity index (χ2n) is 6.89. The number of piperidine rings is 1. The highest BCUT2D eigenvalue weighted by atomic mass is 32.2. The molecule has 6 nitrogen and oxygen atoms in total. The van der Waals surface area contributed by atoms with Crippen molar-refractivity contribution in [2.75, 3.05) is 13.1 Å². The molecule has 3 aliphatic rings. The molecule has 3 fully saturated rings. The Morgan fingerprint density at radius 2 is 2.00 bits per heavy atom. The van der Waals surface area contributed by atoms with Gasteiger partial charge < -0.3 is 5.32 Å². The fourth-order valence-corrected chi connectivity index (χ4v) is 5.85. The van der Waals surface area contributed by atoms with Crippen molar-refractivity contribution in [1.82, 2.24) is 14.6 Å². The number of nitrogens with one attached hydrogen (secondary N) is 1. The van der Waals surface area contributed by atoms with Gasteiger partial charge in [-0.1, -0.05) is 6.07 Å². The van der Waals surface area contributed by atoms with E-state index in [-0.39, 0.29) is 22.6 Å². The molecule has 0 aromatic carbocycles. The SMILES string of the molecule is O=C1C[C@@H](c2cccnc2)C2(CCN(S(=O)(=O)C3CC3)CC2)N1. The molecule has 1 amide bonds. The Bertz CT molecular complexity index is 707. The van der Waals surface area contributed by atoms with E-state index >= 15 is 0 Å². The van der Waals surface area contributed by atoms with Gasteiger partial charge in [0.15, 0.2) is 0 Å². The van der Waals surface area contributed by atoms with Crippen LogP contribution in [0.3, 0.4) is 0 Å². The lowest BCUT2D eigenvalue weighted by Gasteiger charge is -2.42. The molecule has 2 aliphatic heterocycles. The van der Waals surface area contributed by atoms with Gasteiger partial charge in [0.2, 0.25) is 15.9 Å². The lowest BCUT2D eigenvalue weighted by Crippen LogP contribution is -2.54. The molecule has 1 aromatic rings. The maximum Gasteiger partial charge on any atom is 0.221 e. The van der Waals surface area contributed by atoms with Crippen LogP contribution in [0, 0.1) is 0 Å². The second-order valence-corrected chi connectivity index (χ2v) is 9.10. The summed E-state index contributed by atoms with van der Waals surface area (Å²) in [6.45, 7) is 0.992. The van der Waals surface area contributed by atoms with Crippen molar-refractivity contribution in [3.8, 4) is 0 Å². The first-order chi connectivity index (χ1) is 11.0. The Morgan fingerprint density at radius 1 is 1.26 bits per heavy atom. The number of rotatable bonds is 3. The summed E-state index contributed by atoms with van der Waals surface area (Å²) in [7, 11) is -3.12. The monoisotopic (exact) mass is 335 g/mol. The lowest BCUT2D eigenvalue weighted by atomic mass is 9.75. The smallest absolute Gasteiger partial charge is 0.221 e. The van der Waals surface area contributed by atoms with Crippen molar-refractivity contribution in [1.29, 1.82) is 0 Å². The molecule has 1 aliphatic carbocycles. The highest BCUT2D eigenvalue weighted by Crippen LogP contribution is 2.44. The van der Waals surface area contributed by atoms with Gasteiger partial charge in [0.25, 0.3) is 0 Å². The largest absolute Gasteiger partial charge is 0.350 e. The zero-order valence-electron chi connectivity index (χ0n) is 12.9. The maximum absolute atomic E-state index is 12.4. The average molecular weight is 335 g/mol. The van der Waals surface area contributed by atoms with Gasteiger partial charge in [-0.2, -0.15) is 0 Å². The first kappa shape index (κ1) is 15.1. The van der Waals surface area contributed by atoms with Crippen molar-refractivity contribution >= 4 is 15.9 Å². The molecule has 2 saturated heterocycles. The van der Waals surface area contributed by atoms with Crippen molar-refractivity contribution in [3.63, 3.8) is 0 Å².